The number of fused-ring (bicyclic) bond motifs is 2. The highest BCUT2D eigenvalue weighted by molar-refractivity contribution is 5.81. The number of amides is 4. The van der Waals surface area contributed by atoms with Gasteiger partial charge in [-0.25, -0.2) is 47.1 Å². The summed E-state index contributed by atoms with van der Waals surface area (Å²) < 4.78 is 84.8. The Morgan fingerprint density at radius 2 is 0.929 bits per heavy atom. The van der Waals surface area contributed by atoms with E-state index in [4.69, 9.17) is 10.2 Å². The average Bonchev–Trinajstić information content (AvgIpc) is 4.20. The van der Waals surface area contributed by atoms with Crippen LogP contribution in [0.3, 0.4) is 0 Å². The molecule has 70 heavy (non-hydrogen) atoms. The quantitative estimate of drug-likeness (QED) is 0.0680. The van der Waals surface area contributed by atoms with Crippen molar-refractivity contribution in [3.8, 4) is 0 Å². The Morgan fingerprint density at radius 3 is 1.29 bits per heavy atom. The highest BCUT2D eigenvalue weighted by Gasteiger charge is 2.36. The van der Waals surface area contributed by atoms with Crippen molar-refractivity contribution in [1.82, 2.24) is 51.2 Å². The zero-order chi connectivity index (χ0) is 49.9. The lowest BCUT2D eigenvalue weighted by molar-refractivity contribution is -0.125. The monoisotopic (exact) mass is 999 g/mol. The molecule has 0 radical (unpaired) electrons. The second-order valence-corrected chi connectivity index (χ2v) is 19.1. The molecule has 26 heteroatoms. The summed E-state index contributed by atoms with van der Waals surface area (Å²) in [6, 6.07) is 0.449. The van der Waals surface area contributed by atoms with E-state index in [-0.39, 0.29) is 36.8 Å². The van der Waals surface area contributed by atoms with Crippen LogP contribution in [0, 0.1) is 35.3 Å². The third kappa shape index (κ3) is 13.8. The van der Waals surface area contributed by atoms with Gasteiger partial charge in [-0.1, -0.05) is 51.4 Å². The van der Waals surface area contributed by atoms with E-state index in [1.54, 1.807) is 9.80 Å². The molecule has 0 bridgehead atoms. The molecule has 388 valence electrons. The van der Waals surface area contributed by atoms with Crippen molar-refractivity contribution in [2.45, 2.75) is 115 Å². The molecule has 2 aromatic rings. The van der Waals surface area contributed by atoms with E-state index in [9.17, 15) is 36.7 Å². The second kappa shape index (κ2) is 24.4. The Balaban J connectivity index is 0.000000206. The van der Waals surface area contributed by atoms with Crippen LogP contribution in [0.4, 0.5) is 59.2 Å². The standard InChI is InChI=1S/2C22H32F3N7O3/c2*23-16-18(29-30-21(33)14(11-26-22(34)35)10-13-4-1-2-5-13)27-19(17(24)25)28-20(16)32-9-8-31-7-3-6-15(31)12-32/h2*13-15,17,26H,1-12H2,(H,30,33)(H,34,35)(H,27,28,29)/t2*14-,15+/m11/s1. The van der Waals surface area contributed by atoms with Crippen molar-refractivity contribution in [3.05, 3.63) is 23.3 Å². The molecule has 2 saturated carbocycles. The molecule has 4 amide bonds. The normalized spacial score (nSPS) is 21.7. The van der Waals surface area contributed by atoms with Gasteiger partial charge in [0.25, 0.3) is 12.9 Å². The SMILES string of the molecule is O=C(O)NC[C@@H](CC1CCCC1)C(=O)NNc1nc(C(F)F)nc(N2CCN3CCC[C@H]3C2)c1F.O=C(O)NC[C@@H](CC1CCCC1)C(=O)NNc1nc(C(F)F)nc(N2CCN3CCC[C@H]3C2)c1F. The molecule has 4 atom stereocenters. The summed E-state index contributed by atoms with van der Waals surface area (Å²) >= 11 is 0. The van der Waals surface area contributed by atoms with Crippen LogP contribution in [-0.4, -0.2) is 141 Å². The van der Waals surface area contributed by atoms with Gasteiger partial charge in [-0.15, -0.1) is 0 Å². The molecule has 8 rings (SSSR count). The maximum Gasteiger partial charge on any atom is 0.404 e. The number of rotatable bonds is 18. The van der Waals surface area contributed by atoms with Gasteiger partial charge in [-0.05, 0) is 63.5 Å². The molecular weight excluding hydrogens is 935 g/mol. The largest absolute Gasteiger partial charge is 0.465 e. The lowest BCUT2D eigenvalue weighted by Gasteiger charge is -2.38. The Bertz CT molecular complexity index is 1980. The molecular formula is C44H64F6N14O6. The molecule has 6 fully saturated rings. The lowest BCUT2D eigenvalue weighted by Crippen LogP contribution is -2.50. The number of carboxylic acid groups (broad SMARTS) is 2. The summed E-state index contributed by atoms with van der Waals surface area (Å²) in [7, 11) is 0. The number of halogens is 6. The van der Waals surface area contributed by atoms with Crippen LogP contribution in [0.5, 0.6) is 0 Å². The van der Waals surface area contributed by atoms with Crippen molar-refractivity contribution in [3.63, 3.8) is 0 Å². The minimum absolute atomic E-state index is 0.106. The second-order valence-electron chi connectivity index (χ2n) is 19.1. The number of carbonyl (C=O) groups is 4. The molecule has 2 aliphatic carbocycles. The first-order valence-electron chi connectivity index (χ1n) is 24.4. The van der Waals surface area contributed by atoms with Crippen LogP contribution >= 0.6 is 0 Å². The van der Waals surface area contributed by atoms with Gasteiger partial charge in [0, 0.05) is 64.4 Å². The Labute approximate surface area is 401 Å². The molecule has 6 heterocycles. The van der Waals surface area contributed by atoms with Crippen molar-refractivity contribution in [1.29, 1.82) is 0 Å². The third-order valence-corrected chi connectivity index (χ3v) is 14.4. The van der Waals surface area contributed by atoms with E-state index in [1.165, 1.54) is 0 Å². The van der Waals surface area contributed by atoms with Gasteiger partial charge in [0.15, 0.2) is 34.9 Å². The maximum absolute atomic E-state index is 15.3. The van der Waals surface area contributed by atoms with Crippen molar-refractivity contribution in [2.24, 2.45) is 23.7 Å². The maximum atomic E-state index is 15.3. The fourth-order valence-corrected chi connectivity index (χ4v) is 10.8. The summed E-state index contributed by atoms with van der Waals surface area (Å²) in [4.78, 5) is 70.2. The van der Waals surface area contributed by atoms with Gasteiger partial charge in [-0.3, -0.25) is 41.1 Å². The molecule has 6 aliphatic rings. The van der Waals surface area contributed by atoms with E-state index in [2.05, 4.69) is 62.1 Å². The molecule has 20 nitrogen and oxygen atoms in total. The van der Waals surface area contributed by atoms with E-state index >= 15 is 8.78 Å². The average molecular weight is 999 g/mol. The number of aromatic nitrogens is 4. The highest BCUT2D eigenvalue weighted by atomic mass is 19.3. The Hall–Kier alpha value is -5.66. The van der Waals surface area contributed by atoms with Crippen LogP contribution < -0.4 is 42.1 Å². The minimum atomic E-state index is -3.02. The highest BCUT2D eigenvalue weighted by Crippen LogP contribution is 2.34. The smallest absolute Gasteiger partial charge is 0.404 e. The number of nitrogens with zero attached hydrogens (tertiary/aromatic N) is 8. The van der Waals surface area contributed by atoms with Crippen LogP contribution in [-0.2, 0) is 9.59 Å². The van der Waals surface area contributed by atoms with Crippen LogP contribution in [0.1, 0.15) is 114 Å². The lowest BCUT2D eigenvalue weighted by atomic mass is 9.92. The molecule has 0 spiro atoms. The molecule has 0 unspecified atom stereocenters. The first kappa shape index (κ1) is 52.2. The zero-order valence-corrected chi connectivity index (χ0v) is 39.0. The van der Waals surface area contributed by atoms with E-state index in [0.717, 1.165) is 90.1 Å². The van der Waals surface area contributed by atoms with E-state index in [1.807, 2.05) is 0 Å². The first-order chi connectivity index (χ1) is 33.6. The van der Waals surface area contributed by atoms with E-state index in [0.29, 0.717) is 63.9 Å². The zero-order valence-electron chi connectivity index (χ0n) is 39.0. The predicted octanol–water partition coefficient (Wildman–Crippen LogP) is 5.49. The topological polar surface area (TPSA) is 245 Å². The van der Waals surface area contributed by atoms with Crippen molar-refractivity contribution in [2.75, 3.05) is 86.1 Å². The third-order valence-electron chi connectivity index (χ3n) is 14.4. The molecule has 0 aromatic carbocycles. The van der Waals surface area contributed by atoms with Crippen LogP contribution in [0.15, 0.2) is 0 Å². The van der Waals surface area contributed by atoms with Crippen LogP contribution in [0.25, 0.3) is 0 Å². The summed E-state index contributed by atoms with van der Waals surface area (Å²) in [5.41, 5.74) is 9.41. The van der Waals surface area contributed by atoms with Crippen LogP contribution in [0.2, 0.25) is 0 Å². The molecule has 4 saturated heterocycles. The number of hydrazine groups is 2. The minimum Gasteiger partial charge on any atom is -0.465 e. The van der Waals surface area contributed by atoms with E-state index < -0.39 is 83.6 Å². The number of anilines is 4. The number of hydrogen-bond donors (Lipinski definition) is 8. The van der Waals surface area contributed by atoms with Crippen molar-refractivity contribution < 1.29 is 55.7 Å². The fraction of sp³-hybridized carbons (Fsp3) is 0.727. The number of nitrogens with one attached hydrogen (secondary N) is 6. The van der Waals surface area contributed by atoms with Gasteiger partial charge in [0.2, 0.25) is 23.4 Å². The number of alkyl halides is 4. The molecule has 8 N–H and O–H groups in total. The van der Waals surface area contributed by atoms with Gasteiger partial charge in [0.1, 0.15) is 0 Å². The van der Waals surface area contributed by atoms with Gasteiger partial charge in [-0.2, -0.15) is 8.78 Å². The predicted molar refractivity (Wildman–Crippen MR) is 243 cm³/mol. The Morgan fingerprint density at radius 1 is 0.543 bits per heavy atom. The Kier molecular flexibility index (Phi) is 18.2. The van der Waals surface area contributed by atoms with Gasteiger partial charge in [0.05, 0.1) is 11.8 Å². The number of piperazine rings is 2. The van der Waals surface area contributed by atoms with Gasteiger partial charge < -0.3 is 30.6 Å². The summed E-state index contributed by atoms with van der Waals surface area (Å²) in [5, 5.41) is 22.3. The van der Waals surface area contributed by atoms with Crippen molar-refractivity contribution >= 4 is 47.3 Å². The summed E-state index contributed by atoms with van der Waals surface area (Å²) in [6.07, 6.45) is 4.48. The summed E-state index contributed by atoms with van der Waals surface area (Å²) in [6.45, 7) is 4.98. The first-order valence-corrected chi connectivity index (χ1v) is 24.4. The van der Waals surface area contributed by atoms with Gasteiger partial charge >= 0.3 is 12.2 Å². The number of carbonyl (C=O) groups excluding carboxylic acids is 2. The number of hydrogen-bond acceptors (Lipinski definition) is 14. The molecule has 4 aliphatic heterocycles. The molecule has 2 aromatic heterocycles. The summed E-state index contributed by atoms with van der Waals surface area (Å²) in [5.74, 6) is -6.96. The fourth-order valence-electron chi connectivity index (χ4n) is 10.8.